The fraction of sp³-hybridized carbons (Fsp3) is 0.455. The summed E-state index contributed by atoms with van der Waals surface area (Å²) in [5, 5.41) is 18.2. The quantitative estimate of drug-likeness (QED) is 0.505. The van der Waals surface area contributed by atoms with Crippen LogP contribution < -0.4 is 0 Å². The minimum Gasteiger partial charge on any atom is -0.478 e. The SMILES string of the molecule is C[C@@H]1OC(=O)C2=C[C@@H](O)[C@@H](/C=C/C(=O)O)O[C@@H]21. The van der Waals surface area contributed by atoms with Crippen LogP contribution in [-0.2, 0) is 19.1 Å². The van der Waals surface area contributed by atoms with Crippen LogP contribution in [0.3, 0.4) is 0 Å². The van der Waals surface area contributed by atoms with Crippen molar-refractivity contribution in [1.82, 2.24) is 0 Å². The van der Waals surface area contributed by atoms with Crippen LogP contribution in [0.1, 0.15) is 6.92 Å². The van der Waals surface area contributed by atoms with E-state index in [1.165, 1.54) is 12.2 Å². The lowest BCUT2D eigenvalue weighted by Crippen LogP contribution is -2.39. The van der Waals surface area contributed by atoms with E-state index in [-0.39, 0.29) is 0 Å². The molecule has 17 heavy (non-hydrogen) atoms. The van der Waals surface area contributed by atoms with Crippen LogP contribution in [0.5, 0.6) is 0 Å². The predicted molar refractivity (Wildman–Crippen MR) is 55.1 cm³/mol. The average Bonchev–Trinajstić information content (AvgIpc) is 2.51. The third-order valence-corrected chi connectivity index (χ3v) is 2.68. The zero-order valence-corrected chi connectivity index (χ0v) is 9.07. The number of ether oxygens (including phenoxy) is 2. The molecule has 4 atom stereocenters. The van der Waals surface area contributed by atoms with Crippen molar-refractivity contribution < 1.29 is 29.3 Å². The molecule has 0 unspecified atom stereocenters. The number of aliphatic carboxylic acids is 1. The second-order valence-electron chi connectivity index (χ2n) is 3.94. The van der Waals surface area contributed by atoms with Crippen molar-refractivity contribution in [2.75, 3.05) is 0 Å². The van der Waals surface area contributed by atoms with Crippen LogP contribution in [0, 0.1) is 0 Å². The maximum absolute atomic E-state index is 11.3. The molecule has 0 aromatic heterocycles. The lowest BCUT2D eigenvalue weighted by Gasteiger charge is -2.28. The molecule has 1 fully saturated rings. The molecule has 2 aliphatic heterocycles. The molecule has 0 radical (unpaired) electrons. The summed E-state index contributed by atoms with van der Waals surface area (Å²) in [6, 6.07) is 0. The normalized spacial score (nSPS) is 36.6. The summed E-state index contributed by atoms with van der Waals surface area (Å²) >= 11 is 0. The van der Waals surface area contributed by atoms with Crippen LogP contribution in [0.25, 0.3) is 0 Å². The first-order valence-electron chi connectivity index (χ1n) is 5.16. The molecule has 0 bridgehead atoms. The fourth-order valence-electron chi connectivity index (χ4n) is 1.88. The van der Waals surface area contributed by atoms with E-state index in [9.17, 15) is 14.7 Å². The first kappa shape index (κ1) is 11.8. The summed E-state index contributed by atoms with van der Waals surface area (Å²) in [4.78, 5) is 21.7. The molecule has 6 heteroatoms. The molecule has 0 aromatic rings. The number of carboxylic acids is 1. The van der Waals surface area contributed by atoms with Gasteiger partial charge in [-0.15, -0.1) is 0 Å². The standard InChI is InChI=1S/C11H12O6/c1-5-10-6(11(15)16-5)4-7(12)8(17-10)2-3-9(13)14/h2-5,7-8,10,12H,1H3,(H,13,14)/b3-2+/t5-,7+,8+,10+/m0/s1. The van der Waals surface area contributed by atoms with Gasteiger partial charge < -0.3 is 19.7 Å². The third kappa shape index (κ3) is 2.22. The Bertz CT molecular complexity index is 410. The van der Waals surface area contributed by atoms with E-state index in [0.717, 1.165) is 6.08 Å². The largest absolute Gasteiger partial charge is 0.478 e. The number of fused-ring (bicyclic) bond motifs is 1. The number of esters is 1. The van der Waals surface area contributed by atoms with Crippen LogP contribution in [0.4, 0.5) is 0 Å². The van der Waals surface area contributed by atoms with E-state index < -0.39 is 36.4 Å². The molecule has 2 N–H and O–H groups in total. The first-order valence-corrected chi connectivity index (χ1v) is 5.16. The van der Waals surface area contributed by atoms with E-state index in [4.69, 9.17) is 14.6 Å². The lowest BCUT2D eigenvalue weighted by atomic mass is 9.99. The number of aliphatic hydroxyl groups is 1. The second kappa shape index (κ2) is 4.31. The van der Waals surface area contributed by atoms with Gasteiger partial charge in [0.25, 0.3) is 0 Å². The molecule has 0 aliphatic carbocycles. The highest BCUT2D eigenvalue weighted by Gasteiger charge is 2.43. The van der Waals surface area contributed by atoms with Gasteiger partial charge in [-0.1, -0.05) is 0 Å². The molecule has 2 rings (SSSR count). The van der Waals surface area contributed by atoms with Crippen molar-refractivity contribution in [3.05, 3.63) is 23.8 Å². The van der Waals surface area contributed by atoms with Gasteiger partial charge in [-0.05, 0) is 19.1 Å². The van der Waals surface area contributed by atoms with Crippen molar-refractivity contribution in [1.29, 1.82) is 0 Å². The van der Waals surface area contributed by atoms with Crippen LogP contribution in [-0.4, -0.2) is 46.6 Å². The smallest absolute Gasteiger partial charge is 0.336 e. The van der Waals surface area contributed by atoms with E-state index in [1.54, 1.807) is 6.92 Å². The highest BCUT2D eigenvalue weighted by atomic mass is 16.6. The molecule has 92 valence electrons. The average molecular weight is 240 g/mol. The summed E-state index contributed by atoms with van der Waals surface area (Å²) < 4.78 is 10.4. The number of hydrogen-bond donors (Lipinski definition) is 2. The van der Waals surface area contributed by atoms with Crippen LogP contribution >= 0.6 is 0 Å². The highest BCUT2D eigenvalue weighted by molar-refractivity contribution is 5.92. The van der Waals surface area contributed by atoms with E-state index >= 15 is 0 Å². The molecule has 2 aliphatic rings. The Balaban J connectivity index is 2.19. The fourth-order valence-corrected chi connectivity index (χ4v) is 1.88. The van der Waals surface area contributed by atoms with Crippen molar-refractivity contribution in [3.8, 4) is 0 Å². The van der Waals surface area contributed by atoms with E-state index in [0.29, 0.717) is 5.57 Å². The minimum atomic E-state index is -1.12. The number of carbonyl (C=O) groups is 2. The topological polar surface area (TPSA) is 93.1 Å². The highest BCUT2D eigenvalue weighted by Crippen LogP contribution is 2.30. The molecule has 1 saturated heterocycles. The van der Waals surface area contributed by atoms with Crippen molar-refractivity contribution in [3.63, 3.8) is 0 Å². The molecule has 0 amide bonds. The van der Waals surface area contributed by atoms with Crippen molar-refractivity contribution in [2.45, 2.75) is 31.3 Å². The van der Waals surface area contributed by atoms with Crippen LogP contribution in [0.2, 0.25) is 0 Å². The van der Waals surface area contributed by atoms with Gasteiger partial charge in [-0.3, -0.25) is 0 Å². The lowest BCUT2D eigenvalue weighted by molar-refractivity contribution is -0.139. The molecular formula is C11H12O6. The Hall–Kier alpha value is -1.66. The van der Waals surface area contributed by atoms with Gasteiger partial charge in [0.2, 0.25) is 0 Å². The number of cyclic esters (lactones) is 1. The third-order valence-electron chi connectivity index (χ3n) is 2.68. The number of hydrogen-bond acceptors (Lipinski definition) is 5. The van der Waals surface area contributed by atoms with Gasteiger partial charge in [0.1, 0.15) is 24.4 Å². The van der Waals surface area contributed by atoms with Gasteiger partial charge >= 0.3 is 11.9 Å². The minimum absolute atomic E-state index is 0.296. The molecule has 2 heterocycles. The Morgan fingerprint density at radius 3 is 2.88 bits per heavy atom. The van der Waals surface area contributed by atoms with Crippen molar-refractivity contribution in [2.24, 2.45) is 0 Å². The summed E-state index contributed by atoms with van der Waals surface area (Å²) in [7, 11) is 0. The van der Waals surface area contributed by atoms with Gasteiger partial charge in [-0.25, -0.2) is 9.59 Å². The Morgan fingerprint density at radius 1 is 1.53 bits per heavy atom. The maximum Gasteiger partial charge on any atom is 0.336 e. The van der Waals surface area contributed by atoms with E-state index in [2.05, 4.69) is 0 Å². The number of rotatable bonds is 2. The Morgan fingerprint density at radius 2 is 2.24 bits per heavy atom. The zero-order valence-electron chi connectivity index (χ0n) is 9.07. The predicted octanol–water partition coefficient (Wildman–Crippen LogP) is -0.373. The summed E-state index contributed by atoms with van der Waals surface area (Å²) in [6.07, 6.45) is 0.699. The van der Waals surface area contributed by atoms with Gasteiger partial charge in [0.05, 0.1) is 5.57 Å². The zero-order chi connectivity index (χ0) is 12.6. The molecule has 0 saturated carbocycles. The number of carboxylic acid groups (broad SMARTS) is 1. The summed E-state index contributed by atoms with van der Waals surface area (Å²) in [6.45, 7) is 1.68. The monoisotopic (exact) mass is 240 g/mol. The number of aliphatic hydroxyl groups excluding tert-OH is 1. The maximum atomic E-state index is 11.3. The molecule has 0 aromatic carbocycles. The molecule has 6 nitrogen and oxygen atoms in total. The molecule has 0 spiro atoms. The second-order valence-corrected chi connectivity index (χ2v) is 3.94. The van der Waals surface area contributed by atoms with Crippen LogP contribution in [0.15, 0.2) is 23.8 Å². The van der Waals surface area contributed by atoms with Gasteiger partial charge in [-0.2, -0.15) is 0 Å². The van der Waals surface area contributed by atoms with Crippen molar-refractivity contribution >= 4 is 11.9 Å². The summed E-state index contributed by atoms with van der Waals surface area (Å²) in [5.74, 6) is -1.62. The summed E-state index contributed by atoms with van der Waals surface area (Å²) in [5.41, 5.74) is 0.296. The Labute approximate surface area is 97.1 Å². The molecular weight excluding hydrogens is 228 g/mol. The van der Waals surface area contributed by atoms with E-state index in [1.807, 2.05) is 0 Å². The first-order chi connectivity index (χ1) is 7.99. The van der Waals surface area contributed by atoms with Gasteiger partial charge in [0, 0.05) is 6.08 Å². The van der Waals surface area contributed by atoms with Gasteiger partial charge in [0.15, 0.2) is 0 Å². The number of carbonyl (C=O) groups excluding carboxylic acids is 1. The Kier molecular flexibility index (Phi) is 2.99.